The third-order valence-corrected chi connectivity index (χ3v) is 7.82. The number of aromatic nitrogens is 3. The van der Waals surface area contributed by atoms with Crippen LogP contribution in [0.5, 0.6) is 0 Å². The Morgan fingerprint density at radius 1 is 0.973 bits per heavy atom. The number of carbonyl (C=O) groups is 1. The molecule has 1 atom stereocenters. The molecule has 4 rings (SSSR count). The summed E-state index contributed by atoms with van der Waals surface area (Å²) >= 11 is 2.80. The molecule has 4 aromatic rings. The van der Waals surface area contributed by atoms with Crippen molar-refractivity contribution in [1.82, 2.24) is 14.8 Å². The van der Waals surface area contributed by atoms with E-state index in [0.29, 0.717) is 23.2 Å². The van der Waals surface area contributed by atoms with E-state index in [1.165, 1.54) is 35.5 Å². The summed E-state index contributed by atoms with van der Waals surface area (Å²) in [6, 6.07) is 22.7. The predicted octanol–water partition coefficient (Wildman–Crippen LogP) is 7.40. The molecular formula is C27H25F3N4OS2. The van der Waals surface area contributed by atoms with Crippen LogP contribution >= 0.6 is 23.5 Å². The average molecular weight is 543 g/mol. The molecular weight excluding hydrogens is 517 g/mol. The highest BCUT2D eigenvalue weighted by Gasteiger charge is 2.34. The van der Waals surface area contributed by atoms with E-state index in [2.05, 4.69) is 27.6 Å². The zero-order valence-electron chi connectivity index (χ0n) is 20.2. The molecule has 1 heterocycles. The first kappa shape index (κ1) is 26.8. The highest BCUT2D eigenvalue weighted by atomic mass is 32.2. The second-order valence-corrected chi connectivity index (χ2v) is 10.4. The number of hydrogen-bond acceptors (Lipinski definition) is 5. The van der Waals surface area contributed by atoms with E-state index in [-0.39, 0.29) is 5.69 Å². The number of halogens is 3. The lowest BCUT2D eigenvalue weighted by molar-refractivity contribution is -0.137. The zero-order valence-corrected chi connectivity index (χ0v) is 21.8. The van der Waals surface area contributed by atoms with Crippen molar-refractivity contribution in [2.24, 2.45) is 0 Å². The second kappa shape index (κ2) is 11.9. The van der Waals surface area contributed by atoms with Gasteiger partial charge in [-0.05, 0) is 49.7 Å². The topological polar surface area (TPSA) is 59.8 Å². The van der Waals surface area contributed by atoms with Crippen LogP contribution in [0.2, 0.25) is 0 Å². The van der Waals surface area contributed by atoms with Gasteiger partial charge in [-0.2, -0.15) is 13.2 Å². The van der Waals surface area contributed by atoms with Gasteiger partial charge in [0.25, 0.3) is 0 Å². The Bertz CT molecular complexity index is 1340. The maximum absolute atomic E-state index is 13.4. The van der Waals surface area contributed by atoms with Gasteiger partial charge in [0, 0.05) is 10.6 Å². The molecule has 1 amide bonds. The normalized spacial score (nSPS) is 12.4. The van der Waals surface area contributed by atoms with E-state index in [0.717, 1.165) is 16.6 Å². The van der Waals surface area contributed by atoms with Gasteiger partial charge < -0.3 is 5.32 Å². The first-order valence-corrected chi connectivity index (χ1v) is 13.5. The average Bonchev–Trinajstić information content (AvgIpc) is 3.29. The van der Waals surface area contributed by atoms with E-state index in [1.54, 1.807) is 11.8 Å². The van der Waals surface area contributed by atoms with Crippen molar-refractivity contribution in [2.75, 3.05) is 5.32 Å². The van der Waals surface area contributed by atoms with Crippen LogP contribution in [0.3, 0.4) is 0 Å². The van der Waals surface area contributed by atoms with Crippen molar-refractivity contribution in [3.8, 4) is 5.69 Å². The van der Waals surface area contributed by atoms with Gasteiger partial charge in [-0.15, -0.1) is 22.0 Å². The molecule has 37 heavy (non-hydrogen) atoms. The fourth-order valence-corrected chi connectivity index (χ4v) is 5.39. The zero-order chi connectivity index (χ0) is 26.4. The molecule has 5 nitrogen and oxygen atoms in total. The Hall–Kier alpha value is -3.24. The van der Waals surface area contributed by atoms with E-state index in [1.807, 2.05) is 60.9 Å². The molecule has 1 aromatic heterocycles. The maximum Gasteiger partial charge on any atom is 0.418 e. The van der Waals surface area contributed by atoms with Gasteiger partial charge in [-0.1, -0.05) is 66.7 Å². The Balaban J connectivity index is 1.58. The largest absolute Gasteiger partial charge is 0.418 e. The number of rotatable bonds is 9. The van der Waals surface area contributed by atoms with Gasteiger partial charge in [0.05, 0.1) is 22.3 Å². The third-order valence-electron chi connectivity index (χ3n) is 5.50. The summed E-state index contributed by atoms with van der Waals surface area (Å²) in [5, 5.41) is 11.0. The third kappa shape index (κ3) is 6.75. The number of nitrogens with zero attached hydrogens (tertiary/aromatic N) is 3. The molecule has 0 aliphatic rings. The van der Waals surface area contributed by atoms with Crippen molar-refractivity contribution in [3.63, 3.8) is 0 Å². The van der Waals surface area contributed by atoms with E-state index in [4.69, 9.17) is 0 Å². The van der Waals surface area contributed by atoms with Crippen LogP contribution in [0.25, 0.3) is 5.69 Å². The van der Waals surface area contributed by atoms with Crippen molar-refractivity contribution in [2.45, 2.75) is 47.5 Å². The summed E-state index contributed by atoms with van der Waals surface area (Å²) in [5.41, 5.74) is 0.870. The van der Waals surface area contributed by atoms with Crippen LogP contribution in [0, 0.1) is 6.92 Å². The molecule has 10 heteroatoms. The number of carbonyl (C=O) groups excluding carboxylic acids is 1. The number of alkyl halides is 3. The van der Waals surface area contributed by atoms with Gasteiger partial charge in [0.1, 0.15) is 5.82 Å². The van der Waals surface area contributed by atoms with Gasteiger partial charge in [-0.25, -0.2) is 0 Å². The minimum Gasteiger partial charge on any atom is -0.325 e. The van der Waals surface area contributed by atoms with E-state index >= 15 is 0 Å². The molecule has 0 bridgehead atoms. The number of anilines is 1. The van der Waals surface area contributed by atoms with E-state index < -0.39 is 22.9 Å². The number of nitrogens with one attached hydrogen (secondary N) is 1. The number of amides is 1. The molecule has 1 N–H and O–H groups in total. The molecule has 1 unspecified atom stereocenters. The number of thioether (sulfide) groups is 2. The summed E-state index contributed by atoms with van der Waals surface area (Å²) in [4.78, 5) is 14.2. The van der Waals surface area contributed by atoms with Gasteiger partial charge in [0.2, 0.25) is 5.91 Å². The van der Waals surface area contributed by atoms with Crippen molar-refractivity contribution >= 4 is 35.1 Å². The lowest BCUT2D eigenvalue weighted by atomic mass is 10.1. The predicted molar refractivity (Wildman–Crippen MR) is 142 cm³/mol. The molecule has 3 aromatic carbocycles. The maximum atomic E-state index is 13.4. The van der Waals surface area contributed by atoms with Crippen LogP contribution in [-0.2, 0) is 16.7 Å². The molecule has 0 saturated heterocycles. The Labute approximate surface area is 221 Å². The molecule has 0 radical (unpaired) electrons. The summed E-state index contributed by atoms with van der Waals surface area (Å²) in [6.45, 7) is 3.84. The molecule has 0 aliphatic carbocycles. The fraction of sp³-hybridized carbons (Fsp3) is 0.222. The SMILES string of the molecule is CCC(Sc1nnc(CSc2ccc(C)cc2)n1-c1ccccc1)C(=O)Nc1ccccc1C(F)(F)F. The molecule has 0 saturated carbocycles. The van der Waals surface area contributed by atoms with Crippen molar-refractivity contribution in [1.29, 1.82) is 0 Å². The summed E-state index contributed by atoms with van der Waals surface area (Å²) < 4.78 is 42.1. The number of hydrogen-bond donors (Lipinski definition) is 1. The second-order valence-electron chi connectivity index (χ2n) is 8.22. The smallest absolute Gasteiger partial charge is 0.325 e. The van der Waals surface area contributed by atoms with Gasteiger partial charge in [-0.3, -0.25) is 9.36 Å². The fourth-order valence-electron chi connectivity index (χ4n) is 3.59. The summed E-state index contributed by atoms with van der Waals surface area (Å²) in [6.07, 6.45) is -4.18. The van der Waals surface area contributed by atoms with Crippen LogP contribution in [-0.4, -0.2) is 25.9 Å². The molecule has 0 fully saturated rings. The van der Waals surface area contributed by atoms with Gasteiger partial charge >= 0.3 is 6.18 Å². The van der Waals surface area contributed by atoms with Crippen LogP contribution < -0.4 is 5.32 Å². The van der Waals surface area contributed by atoms with Crippen LogP contribution in [0.4, 0.5) is 18.9 Å². The van der Waals surface area contributed by atoms with Crippen molar-refractivity contribution in [3.05, 3.63) is 95.8 Å². The monoisotopic (exact) mass is 542 g/mol. The van der Waals surface area contributed by atoms with Gasteiger partial charge in [0.15, 0.2) is 5.16 Å². The molecule has 192 valence electrons. The lowest BCUT2D eigenvalue weighted by Gasteiger charge is -2.18. The van der Waals surface area contributed by atoms with Crippen molar-refractivity contribution < 1.29 is 18.0 Å². The highest BCUT2D eigenvalue weighted by molar-refractivity contribution is 8.00. The van der Waals surface area contributed by atoms with Crippen LogP contribution in [0.15, 0.2) is 88.9 Å². The summed E-state index contributed by atoms with van der Waals surface area (Å²) in [5.74, 6) is 0.729. The standard InChI is InChI=1S/C27H25F3N4OS2/c1-3-23(25(35)31-22-12-8-7-11-21(22)27(28,29)30)37-26-33-32-24(34(26)19-9-5-4-6-10-19)17-36-20-15-13-18(2)14-16-20/h4-16,23H,3,17H2,1-2H3,(H,31,35). The Morgan fingerprint density at radius 2 is 1.65 bits per heavy atom. The lowest BCUT2D eigenvalue weighted by Crippen LogP contribution is -2.26. The quantitative estimate of drug-likeness (QED) is 0.223. The molecule has 0 aliphatic heterocycles. The first-order valence-electron chi connectivity index (χ1n) is 11.6. The number of benzene rings is 3. The number of aryl methyl sites for hydroxylation is 1. The molecule has 0 spiro atoms. The van der Waals surface area contributed by atoms with Crippen LogP contribution in [0.1, 0.15) is 30.3 Å². The Morgan fingerprint density at radius 3 is 2.32 bits per heavy atom. The summed E-state index contributed by atoms with van der Waals surface area (Å²) in [7, 11) is 0. The highest BCUT2D eigenvalue weighted by Crippen LogP contribution is 2.36. The minimum absolute atomic E-state index is 0.265. The van der Waals surface area contributed by atoms with E-state index in [9.17, 15) is 18.0 Å². The minimum atomic E-state index is -4.57. The first-order chi connectivity index (χ1) is 17.8. The number of para-hydroxylation sites is 2. The Kier molecular flexibility index (Phi) is 8.60.